The van der Waals surface area contributed by atoms with Gasteiger partial charge < -0.3 is 69.1 Å². The number of nitrogens with zero attached hydrogens (tertiary/aromatic N) is 4. The second-order valence-electron chi connectivity index (χ2n) is 30.2. The van der Waals surface area contributed by atoms with Crippen LogP contribution >= 0.6 is 0 Å². The molecular formula is C84H186N16. The molecule has 100 heavy (non-hydrogen) atoms. The first kappa shape index (κ1) is 99.4. The van der Waals surface area contributed by atoms with Gasteiger partial charge in [-0.05, 0) is 64.8 Å². The van der Waals surface area contributed by atoms with Crippen LogP contribution in [0, 0.1) is 0 Å². The largest absolute Gasteiger partial charge is 0.329 e. The van der Waals surface area contributed by atoms with Crippen molar-refractivity contribution in [1.82, 2.24) is 78.1 Å². The standard InChI is InChI=1S/C84H186N16/c1-6-11-14-17-20-23-26-29-32-35-38-41-44-47-52-87-57-59-92-67-80-100(83-71-95-69-81-98(77-64-90-55-50-85)76-63-89-54-49-46-43-40-37-34-31-28-25-22-19-16-13-8-3)84-72-96-70-82-99(78-66-91-58-56-86-51-9-4)79-68-94-61-60-93-65-75-97(73-10-5)74-62-88-53-48-45-42-39-36-33-30-27-24-21-18-15-12-7-2/h86-96H,6-85H2,1-5H3. The minimum atomic E-state index is 0.696. The summed E-state index contributed by atoms with van der Waals surface area (Å²) in [7, 11) is 0. The van der Waals surface area contributed by atoms with Crippen LogP contribution in [0.1, 0.15) is 317 Å². The van der Waals surface area contributed by atoms with E-state index in [1.807, 2.05) is 0 Å². The van der Waals surface area contributed by atoms with Crippen LogP contribution in [0.5, 0.6) is 0 Å². The van der Waals surface area contributed by atoms with Crippen molar-refractivity contribution >= 4 is 0 Å². The van der Waals surface area contributed by atoms with Crippen molar-refractivity contribution in [3.05, 3.63) is 0 Å². The Balaban J connectivity index is 4.97. The summed E-state index contributed by atoms with van der Waals surface area (Å²) in [5.74, 6) is 0. The van der Waals surface area contributed by atoms with E-state index < -0.39 is 0 Å². The van der Waals surface area contributed by atoms with E-state index in [-0.39, 0.29) is 0 Å². The monoisotopic (exact) mass is 1420 g/mol. The summed E-state index contributed by atoms with van der Waals surface area (Å²) < 4.78 is 0. The van der Waals surface area contributed by atoms with E-state index in [2.05, 4.69) is 113 Å². The minimum absolute atomic E-state index is 0.696. The first-order valence-electron chi connectivity index (χ1n) is 45.0. The molecule has 0 aromatic rings. The molecule has 0 radical (unpaired) electrons. The molecular weight excluding hydrogens is 1230 g/mol. The highest BCUT2D eigenvalue weighted by atomic mass is 15.2. The second-order valence-corrected chi connectivity index (χ2v) is 30.2. The van der Waals surface area contributed by atoms with Crippen molar-refractivity contribution in [2.45, 2.75) is 317 Å². The number of hydrogen-bond acceptors (Lipinski definition) is 16. The fourth-order valence-corrected chi connectivity index (χ4v) is 13.8. The second kappa shape index (κ2) is 90.7. The number of rotatable bonds is 93. The Morgan fingerprint density at radius 1 is 0.140 bits per heavy atom. The fraction of sp³-hybridized carbons (Fsp3) is 1.00. The van der Waals surface area contributed by atoms with Crippen LogP contribution < -0.4 is 64.2 Å². The molecule has 0 aliphatic rings. The third-order valence-electron chi connectivity index (χ3n) is 20.5. The highest BCUT2D eigenvalue weighted by molar-refractivity contribution is 4.71. The van der Waals surface area contributed by atoms with Crippen molar-refractivity contribution in [2.75, 3.05) is 229 Å². The van der Waals surface area contributed by atoms with Gasteiger partial charge in [-0.25, -0.2) is 0 Å². The summed E-state index contributed by atoms with van der Waals surface area (Å²) in [6.07, 6.45) is 62.0. The predicted molar refractivity (Wildman–Crippen MR) is 448 cm³/mol. The summed E-state index contributed by atoms with van der Waals surface area (Å²) >= 11 is 0. The summed E-state index contributed by atoms with van der Waals surface area (Å²) in [5, 5.41) is 41.2. The third-order valence-corrected chi connectivity index (χ3v) is 20.5. The maximum absolute atomic E-state index is 5.84. The van der Waals surface area contributed by atoms with Gasteiger partial charge in [0.1, 0.15) is 0 Å². The molecule has 16 heteroatoms. The van der Waals surface area contributed by atoms with Crippen molar-refractivity contribution in [3.8, 4) is 0 Å². The Hall–Kier alpha value is -0.640. The lowest BCUT2D eigenvalue weighted by Crippen LogP contribution is -2.45. The summed E-state index contributed by atoms with van der Waals surface area (Å²) in [6.45, 7) is 48.3. The topological polar surface area (TPSA) is 171 Å². The molecule has 0 aromatic heterocycles. The summed E-state index contributed by atoms with van der Waals surface area (Å²) in [6, 6.07) is 0. The molecule has 0 aromatic carbocycles. The van der Waals surface area contributed by atoms with Crippen molar-refractivity contribution < 1.29 is 0 Å². The van der Waals surface area contributed by atoms with Crippen LogP contribution in [-0.4, -0.2) is 249 Å². The molecule has 0 bridgehead atoms. The molecule has 0 rings (SSSR count). The quantitative estimate of drug-likeness (QED) is 0.0259. The van der Waals surface area contributed by atoms with E-state index >= 15 is 0 Å². The van der Waals surface area contributed by atoms with Crippen molar-refractivity contribution in [3.63, 3.8) is 0 Å². The molecule has 13 N–H and O–H groups in total. The number of nitrogens with one attached hydrogen (secondary N) is 11. The van der Waals surface area contributed by atoms with Gasteiger partial charge in [0.05, 0.1) is 0 Å². The zero-order valence-corrected chi connectivity index (χ0v) is 68.7. The molecule has 0 saturated carbocycles. The number of unbranched alkanes of at least 4 members (excludes halogenated alkanes) is 39. The molecule has 0 aliphatic carbocycles. The van der Waals surface area contributed by atoms with E-state index in [0.29, 0.717) is 6.54 Å². The van der Waals surface area contributed by atoms with Crippen LogP contribution in [0.2, 0.25) is 0 Å². The molecule has 0 heterocycles. The Morgan fingerprint density at radius 2 is 0.300 bits per heavy atom. The highest BCUT2D eigenvalue weighted by Crippen LogP contribution is 2.16. The SMILES string of the molecule is CCCCCCCCCCCCCCCCNCCNCCN(CCNCCN(CCNCCN)CCNCCCCCCCCCCCCCCCC)CCNCCN(CCNCCNCCC)CCNCCNCCN(CCC)CCNCCCCCCCCCCCCCCCC. The summed E-state index contributed by atoms with van der Waals surface area (Å²) in [5.41, 5.74) is 5.84. The van der Waals surface area contributed by atoms with Gasteiger partial charge in [0.2, 0.25) is 0 Å². The molecule has 0 aliphatic heterocycles. The van der Waals surface area contributed by atoms with Crippen molar-refractivity contribution in [1.29, 1.82) is 0 Å². The zero-order valence-electron chi connectivity index (χ0n) is 68.7. The average molecular weight is 1420 g/mol. The molecule has 0 atom stereocenters. The molecule has 602 valence electrons. The smallest absolute Gasteiger partial charge is 0.0108 e. The first-order chi connectivity index (χ1) is 49.6. The van der Waals surface area contributed by atoms with Crippen LogP contribution in [0.25, 0.3) is 0 Å². The third kappa shape index (κ3) is 83.0. The Bertz CT molecular complexity index is 1420. The van der Waals surface area contributed by atoms with Crippen LogP contribution in [0.4, 0.5) is 0 Å². The van der Waals surface area contributed by atoms with Gasteiger partial charge in [-0.1, -0.05) is 285 Å². The van der Waals surface area contributed by atoms with Gasteiger partial charge in [0, 0.05) is 196 Å². The van der Waals surface area contributed by atoms with Gasteiger partial charge in [-0.2, -0.15) is 0 Å². The molecule has 0 spiro atoms. The molecule has 0 saturated heterocycles. The first-order valence-corrected chi connectivity index (χ1v) is 45.0. The van der Waals surface area contributed by atoms with Gasteiger partial charge >= 0.3 is 0 Å². The minimum Gasteiger partial charge on any atom is -0.329 e. The van der Waals surface area contributed by atoms with Gasteiger partial charge in [-0.15, -0.1) is 0 Å². The maximum atomic E-state index is 5.84. The molecule has 0 fully saturated rings. The van der Waals surface area contributed by atoms with E-state index in [1.165, 1.54) is 296 Å². The number of hydrogen-bond donors (Lipinski definition) is 12. The summed E-state index contributed by atoms with van der Waals surface area (Å²) in [4.78, 5) is 10.6. The maximum Gasteiger partial charge on any atom is 0.0108 e. The van der Waals surface area contributed by atoms with E-state index in [9.17, 15) is 0 Å². The van der Waals surface area contributed by atoms with Gasteiger partial charge in [0.25, 0.3) is 0 Å². The normalized spacial score (nSPS) is 12.1. The molecule has 16 nitrogen and oxygen atoms in total. The lowest BCUT2D eigenvalue weighted by Gasteiger charge is -2.26. The Morgan fingerprint density at radius 3 is 0.500 bits per heavy atom. The van der Waals surface area contributed by atoms with E-state index in [0.717, 1.165) is 209 Å². The lowest BCUT2D eigenvalue weighted by molar-refractivity contribution is 0.250. The van der Waals surface area contributed by atoms with Crippen LogP contribution in [0.3, 0.4) is 0 Å². The van der Waals surface area contributed by atoms with E-state index in [1.54, 1.807) is 0 Å². The molecule has 0 unspecified atom stereocenters. The lowest BCUT2D eigenvalue weighted by atomic mass is 10.0. The number of nitrogens with two attached hydrogens (primary N) is 1. The van der Waals surface area contributed by atoms with Gasteiger partial charge in [0.15, 0.2) is 0 Å². The Kier molecular flexibility index (Phi) is 90.2. The van der Waals surface area contributed by atoms with Crippen LogP contribution in [-0.2, 0) is 0 Å². The van der Waals surface area contributed by atoms with Crippen molar-refractivity contribution in [2.24, 2.45) is 5.73 Å². The van der Waals surface area contributed by atoms with Crippen LogP contribution in [0.15, 0.2) is 0 Å². The van der Waals surface area contributed by atoms with Gasteiger partial charge in [-0.3, -0.25) is 14.7 Å². The fourth-order valence-electron chi connectivity index (χ4n) is 13.8. The average Bonchev–Trinajstić information content (AvgIpc) is 3.64. The highest BCUT2D eigenvalue weighted by Gasteiger charge is 2.10. The zero-order chi connectivity index (χ0) is 71.9. The van der Waals surface area contributed by atoms with E-state index in [4.69, 9.17) is 5.73 Å². The predicted octanol–water partition coefficient (Wildman–Crippen LogP) is 13.9. The Labute approximate surface area is 626 Å². The molecule has 0 amide bonds.